The van der Waals surface area contributed by atoms with E-state index in [1.54, 1.807) is 6.07 Å². The summed E-state index contributed by atoms with van der Waals surface area (Å²) in [7, 11) is 0. The van der Waals surface area contributed by atoms with Crippen molar-refractivity contribution in [3.63, 3.8) is 0 Å². The van der Waals surface area contributed by atoms with Gasteiger partial charge in [-0.1, -0.05) is 45.0 Å². The van der Waals surface area contributed by atoms with Gasteiger partial charge in [0.2, 0.25) is 0 Å². The lowest BCUT2D eigenvalue weighted by Gasteiger charge is -2.21. The second-order valence-electron chi connectivity index (χ2n) is 5.19. The van der Waals surface area contributed by atoms with Gasteiger partial charge in [0.15, 0.2) is 0 Å². The molecule has 0 spiro atoms. The van der Waals surface area contributed by atoms with Crippen molar-refractivity contribution in [3.8, 4) is 0 Å². The fourth-order valence-electron chi connectivity index (χ4n) is 1.52. The SMILES string of the molecule is CC(C)(C)c1cccc(CC(F)(F)CN)c1. The molecule has 90 valence electrons. The maximum atomic E-state index is 13.1. The van der Waals surface area contributed by atoms with Crippen LogP contribution in [0.1, 0.15) is 31.9 Å². The van der Waals surface area contributed by atoms with Gasteiger partial charge in [-0.05, 0) is 16.5 Å². The summed E-state index contributed by atoms with van der Waals surface area (Å²) in [5.41, 5.74) is 6.72. The van der Waals surface area contributed by atoms with Crippen molar-refractivity contribution in [1.29, 1.82) is 0 Å². The molecule has 0 unspecified atom stereocenters. The third kappa shape index (κ3) is 3.56. The molecule has 0 fully saturated rings. The Morgan fingerprint density at radius 3 is 2.31 bits per heavy atom. The minimum Gasteiger partial charge on any atom is -0.325 e. The average Bonchev–Trinajstić information content (AvgIpc) is 2.16. The quantitative estimate of drug-likeness (QED) is 0.843. The first-order valence-electron chi connectivity index (χ1n) is 5.42. The average molecular weight is 227 g/mol. The van der Waals surface area contributed by atoms with Crippen LogP contribution in [-0.4, -0.2) is 12.5 Å². The molecule has 0 aromatic heterocycles. The Morgan fingerprint density at radius 2 is 1.81 bits per heavy atom. The zero-order chi connectivity index (χ0) is 12.4. The molecule has 2 N–H and O–H groups in total. The summed E-state index contributed by atoms with van der Waals surface area (Å²) in [5, 5.41) is 0. The Morgan fingerprint density at radius 1 is 1.19 bits per heavy atom. The van der Waals surface area contributed by atoms with Gasteiger partial charge in [-0.25, -0.2) is 8.78 Å². The number of hydrogen-bond donors (Lipinski definition) is 1. The molecule has 0 aliphatic heterocycles. The normalized spacial score (nSPS) is 12.9. The van der Waals surface area contributed by atoms with Crippen LogP contribution in [0.25, 0.3) is 0 Å². The number of hydrogen-bond acceptors (Lipinski definition) is 1. The highest BCUT2D eigenvalue weighted by Gasteiger charge is 2.27. The molecular weight excluding hydrogens is 208 g/mol. The van der Waals surface area contributed by atoms with Crippen molar-refractivity contribution < 1.29 is 8.78 Å². The number of nitrogens with two attached hydrogens (primary N) is 1. The lowest BCUT2D eigenvalue weighted by atomic mass is 9.85. The van der Waals surface area contributed by atoms with Crippen molar-refractivity contribution in [2.45, 2.75) is 38.5 Å². The Labute approximate surface area is 95.7 Å². The van der Waals surface area contributed by atoms with Crippen LogP contribution in [0.2, 0.25) is 0 Å². The van der Waals surface area contributed by atoms with E-state index >= 15 is 0 Å². The van der Waals surface area contributed by atoms with E-state index in [-0.39, 0.29) is 11.8 Å². The molecular formula is C13H19F2N. The summed E-state index contributed by atoms with van der Waals surface area (Å²) in [6.45, 7) is 5.58. The van der Waals surface area contributed by atoms with E-state index in [0.717, 1.165) is 5.56 Å². The van der Waals surface area contributed by atoms with Crippen LogP contribution in [0, 0.1) is 0 Å². The van der Waals surface area contributed by atoms with Crippen molar-refractivity contribution >= 4 is 0 Å². The molecule has 1 nitrogen and oxygen atoms in total. The lowest BCUT2D eigenvalue weighted by Crippen LogP contribution is -2.30. The molecule has 0 saturated carbocycles. The fraction of sp³-hybridized carbons (Fsp3) is 0.538. The van der Waals surface area contributed by atoms with E-state index in [1.165, 1.54) is 0 Å². The summed E-state index contributed by atoms with van der Waals surface area (Å²) in [6.07, 6.45) is -0.284. The summed E-state index contributed by atoms with van der Waals surface area (Å²) < 4.78 is 26.3. The van der Waals surface area contributed by atoms with Gasteiger partial charge < -0.3 is 5.73 Å². The molecule has 0 heterocycles. The van der Waals surface area contributed by atoms with E-state index in [9.17, 15) is 8.78 Å². The number of halogens is 2. The van der Waals surface area contributed by atoms with Gasteiger partial charge in [-0.3, -0.25) is 0 Å². The molecule has 0 bridgehead atoms. The molecule has 0 aliphatic carbocycles. The number of alkyl halides is 2. The second kappa shape index (κ2) is 4.50. The van der Waals surface area contributed by atoms with E-state index in [0.29, 0.717) is 5.56 Å². The minimum atomic E-state index is -2.81. The predicted molar refractivity (Wildman–Crippen MR) is 62.8 cm³/mol. The standard InChI is InChI=1S/C13H19F2N/c1-12(2,3)11-6-4-5-10(7-11)8-13(14,15)9-16/h4-7H,8-9,16H2,1-3H3. The molecule has 1 rings (SSSR count). The summed E-state index contributed by atoms with van der Waals surface area (Å²) >= 11 is 0. The van der Waals surface area contributed by atoms with Crippen LogP contribution in [0.5, 0.6) is 0 Å². The first-order valence-corrected chi connectivity index (χ1v) is 5.42. The van der Waals surface area contributed by atoms with Crippen LogP contribution >= 0.6 is 0 Å². The Balaban J connectivity index is 2.92. The van der Waals surface area contributed by atoms with Gasteiger partial charge >= 0.3 is 0 Å². The van der Waals surface area contributed by atoms with Crippen LogP contribution in [0.3, 0.4) is 0 Å². The van der Waals surface area contributed by atoms with Gasteiger partial charge in [0.25, 0.3) is 5.92 Å². The highest BCUT2D eigenvalue weighted by molar-refractivity contribution is 5.29. The Kier molecular flexibility index (Phi) is 3.68. The fourth-order valence-corrected chi connectivity index (χ4v) is 1.52. The summed E-state index contributed by atoms with van der Waals surface area (Å²) in [6, 6.07) is 7.34. The van der Waals surface area contributed by atoms with E-state index < -0.39 is 12.5 Å². The third-order valence-corrected chi connectivity index (χ3v) is 2.55. The summed E-state index contributed by atoms with van der Waals surface area (Å²) in [4.78, 5) is 0. The molecule has 0 atom stereocenters. The molecule has 0 saturated heterocycles. The smallest absolute Gasteiger partial charge is 0.264 e. The zero-order valence-electron chi connectivity index (χ0n) is 10.1. The highest BCUT2D eigenvalue weighted by Crippen LogP contribution is 2.25. The largest absolute Gasteiger partial charge is 0.325 e. The molecule has 1 aromatic rings. The topological polar surface area (TPSA) is 26.0 Å². The molecule has 3 heteroatoms. The van der Waals surface area contributed by atoms with E-state index in [1.807, 2.05) is 18.2 Å². The summed E-state index contributed by atoms with van der Waals surface area (Å²) in [5.74, 6) is -2.81. The van der Waals surface area contributed by atoms with Gasteiger partial charge in [0.1, 0.15) is 0 Å². The van der Waals surface area contributed by atoms with Crippen LogP contribution in [0.4, 0.5) is 8.78 Å². The van der Waals surface area contributed by atoms with Crippen molar-refractivity contribution in [1.82, 2.24) is 0 Å². The molecule has 16 heavy (non-hydrogen) atoms. The first kappa shape index (κ1) is 13.1. The van der Waals surface area contributed by atoms with Crippen molar-refractivity contribution in [2.75, 3.05) is 6.54 Å². The highest BCUT2D eigenvalue weighted by atomic mass is 19.3. The van der Waals surface area contributed by atoms with Gasteiger partial charge in [-0.2, -0.15) is 0 Å². The Bertz CT molecular complexity index is 353. The maximum absolute atomic E-state index is 13.1. The van der Waals surface area contributed by atoms with Crippen molar-refractivity contribution in [2.24, 2.45) is 5.73 Å². The van der Waals surface area contributed by atoms with E-state index in [4.69, 9.17) is 5.73 Å². The monoisotopic (exact) mass is 227 g/mol. The number of benzene rings is 1. The molecule has 0 radical (unpaired) electrons. The van der Waals surface area contributed by atoms with E-state index in [2.05, 4.69) is 20.8 Å². The zero-order valence-corrected chi connectivity index (χ0v) is 10.1. The van der Waals surface area contributed by atoms with Crippen LogP contribution in [0.15, 0.2) is 24.3 Å². The van der Waals surface area contributed by atoms with Gasteiger partial charge in [-0.15, -0.1) is 0 Å². The molecule has 0 aliphatic rings. The van der Waals surface area contributed by atoms with Crippen LogP contribution in [-0.2, 0) is 11.8 Å². The van der Waals surface area contributed by atoms with Crippen molar-refractivity contribution in [3.05, 3.63) is 35.4 Å². The Hall–Kier alpha value is -0.960. The molecule has 0 amide bonds. The number of rotatable bonds is 3. The first-order chi connectivity index (χ1) is 7.24. The maximum Gasteiger partial charge on any atom is 0.264 e. The predicted octanol–water partition coefficient (Wildman–Crippen LogP) is 3.12. The molecule has 1 aromatic carbocycles. The second-order valence-corrected chi connectivity index (χ2v) is 5.19. The third-order valence-electron chi connectivity index (χ3n) is 2.55. The minimum absolute atomic E-state index is 0.0198. The lowest BCUT2D eigenvalue weighted by molar-refractivity contribution is 0.0114. The van der Waals surface area contributed by atoms with Gasteiger partial charge in [0.05, 0.1) is 6.54 Å². The van der Waals surface area contributed by atoms with Gasteiger partial charge in [0, 0.05) is 6.42 Å². The van der Waals surface area contributed by atoms with Crippen LogP contribution < -0.4 is 5.73 Å².